The van der Waals surface area contributed by atoms with Crippen LogP contribution in [0.2, 0.25) is 0 Å². The van der Waals surface area contributed by atoms with Crippen LogP contribution < -0.4 is 5.73 Å². The fourth-order valence-corrected chi connectivity index (χ4v) is 0.936. The Labute approximate surface area is 66.5 Å². The highest BCUT2D eigenvalue weighted by atomic mass is 16.1. The molecule has 1 rings (SSSR count). The zero-order chi connectivity index (χ0) is 8.27. The summed E-state index contributed by atoms with van der Waals surface area (Å²) in [5, 5.41) is 0. The summed E-state index contributed by atoms with van der Waals surface area (Å²) in [7, 11) is 0. The molecule has 0 amide bonds. The first-order valence-corrected chi connectivity index (χ1v) is 3.63. The Morgan fingerprint density at radius 2 is 2.36 bits per heavy atom. The van der Waals surface area contributed by atoms with E-state index in [0.717, 1.165) is 0 Å². The van der Waals surface area contributed by atoms with Gasteiger partial charge in [-0.25, -0.2) is 0 Å². The highest BCUT2D eigenvalue weighted by Crippen LogP contribution is 2.08. The number of carbonyl (C=O) groups is 1. The van der Waals surface area contributed by atoms with Crippen molar-refractivity contribution in [1.29, 1.82) is 0 Å². The molecule has 0 aromatic rings. The van der Waals surface area contributed by atoms with Crippen molar-refractivity contribution < 1.29 is 4.79 Å². The smallest absolute Gasteiger partial charge is 0.137 e. The van der Waals surface area contributed by atoms with Crippen LogP contribution in [-0.4, -0.2) is 11.8 Å². The topological polar surface area (TPSA) is 43.1 Å². The van der Waals surface area contributed by atoms with Crippen LogP contribution in [0, 0.1) is 17.8 Å². The molecule has 2 nitrogen and oxygen atoms in total. The number of nitrogens with two attached hydrogens (primary N) is 1. The molecule has 0 heterocycles. The maximum atomic E-state index is 10.9. The van der Waals surface area contributed by atoms with Crippen molar-refractivity contribution in [3.05, 3.63) is 12.2 Å². The molecular weight excluding hydrogens is 138 g/mol. The Kier molecular flexibility index (Phi) is 2.45. The number of rotatable bonds is 1. The highest BCUT2D eigenvalue weighted by molar-refractivity contribution is 5.80. The van der Waals surface area contributed by atoms with E-state index in [9.17, 15) is 4.79 Å². The second-order valence-electron chi connectivity index (χ2n) is 2.65. The first kappa shape index (κ1) is 8.03. The molecule has 0 aromatic heterocycles. The van der Waals surface area contributed by atoms with Crippen molar-refractivity contribution in [2.75, 3.05) is 0 Å². The molecule has 1 aliphatic carbocycles. The van der Waals surface area contributed by atoms with Crippen molar-refractivity contribution >= 4 is 5.78 Å². The minimum atomic E-state index is -0.195. The average Bonchev–Trinajstić information content (AvgIpc) is 2.13. The van der Waals surface area contributed by atoms with Gasteiger partial charge in [0.25, 0.3) is 0 Å². The minimum absolute atomic E-state index is 0.0453. The molecule has 0 bridgehead atoms. The van der Waals surface area contributed by atoms with E-state index in [2.05, 4.69) is 11.8 Å². The van der Waals surface area contributed by atoms with Crippen molar-refractivity contribution in [2.24, 2.45) is 11.7 Å². The van der Waals surface area contributed by atoms with Gasteiger partial charge in [-0.3, -0.25) is 4.79 Å². The molecular formula is C9H11NO. The summed E-state index contributed by atoms with van der Waals surface area (Å²) in [5.41, 5.74) is 5.53. The van der Waals surface area contributed by atoms with Gasteiger partial charge >= 0.3 is 0 Å². The van der Waals surface area contributed by atoms with Gasteiger partial charge in [-0.15, -0.1) is 5.92 Å². The molecule has 0 saturated heterocycles. The number of allylic oxidation sites excluding steroid dienone is 1. The number of ketones is 1. The van der Waals surface area contributed by atoms with E-state index >= 15 is 0 Å². The molecule has 2 unspecified atom stereocenters. The lowest BCUT2D eigenvalue weighted by Gasteiger charge is -2.01. The standard InChI is InChI=1S/C9H11NO/c1-7(11)8-3-2-4-9(10)6-5-8/h5-6,8-9H,3,10H2,1H3. The van der Waals surface area contributed by atoms with Crippen LogP contribution in [0.25, 0.3) is 0 Å². The van der Waals surface area contributed by atoms with E-state index in [1.54, 1.807) is 13.0 Å². The van der Waals surface area contributed by atoms with Crippen LogP contribution in [-0.2, 0) is 4.79 Å². The van der Waals surface area contributed by atoms with Crippen LogP contribution in [0.1, 0.15) is 13.3 Å². The van der Waals surface area contributed by atoms with Gasteiger partial charge in [0.2, 0.25) is 0 Å². The minimum Gasteiger partial charge on any atom is -0.314 e. The van der Waals surface area contributed by atoms with Gasteiger partial charge < -0.3 is 5.73 Å². The molecule has 0 fully saturated rings. The predicted octanol–water partition coefficient (Wildman–Crippen LogP) is 0.482. The van der Waals surface area contributed by atoms with Gasteiger partial charge in [-0.1, -0.05) is 18.1 Å². The molecule has 58 valence electrons. The third-order valence-electron chi connectivity index (χ3n) is 1.66. The van der Waals surface area contributed by atoms with Crippen LogP contribution >= 0.6 is 0 Å². The highest BCUT2D eigenvalue weighted by Gasteiger charge is 2.10. The Bertz CT molecular complexity index is 244. The SMILES string of the molecule is CC(=O)C1C=CC(N)C#CC1. The number of hydrogen-bond acceptors (Lipinski definition) is 2. The molecule has 11 heavy (non-hydrogen) atoms. The zero-order valence-electron chi connectivity index (χ0n) is 6.50. The van der Waals surface area contributed by atoms with E-state index in [-0.39, 0.29) is 17.7 Å². The molecule has 2 heteroatoms. The van der Waals surface area contributed by atoms with Crippen LogP contribution in [0.15, 0.2) is 12.2 Å². The van der Waals surface area contributed by atoms with E-state index in [0.29, 0.717) is 6.42 Å². The second kappa shape index (κ2) is 3.36. The van der Waals surface area contributed by atoms with Crippen LogP contribution in [0.3, 0.4) is 0 Å². The summed E-state index contributed by atoms with van der Waals surface area (Å²) in [6.07, 6.45) is 4.23. The number of Topliss-reactive ketones (excluding diaryl/α,β-unsaturated/α-hetero) is 1. The summed E-state index contributed by atoms with van der Waals surface area (Å²) in [6.45, 7) is 1.58. The molecule has 0 radical (unpaired) electrons. The summed E-state index contributed by atoms with van der Waals surface area (Å²) in [4.78, 5) is 10.9. The quantitative estimate of drug-likeness (QED) is 0.435. The molecule has 0 aliphatic heterocycles. The summed E-state index contributed by atoms with van der Waals surface area (Å²) >= 11 is 0. The monoisotopic (exact) mass is 149 g/mol. The maximum Gasteiger partial charge on any atom is 0.137 e. The first-order valence-electron chi connectivity index (χ1n) is 3.63. The van der Waals surface area contributed by atoms with Crippen molar-refractivity contribution in [1.82, 2.24) is 0 Å². The molecule has 1 aliphatic rings. The third-order valence-corrected chi connectivity index (χ3v) is 1.66. The van der Waals surface area contributed by atoms with Gasteiger partial charge in [0.15, 0.2) is 0 Å². The molecule has 2 N–H and O–H groups in total. The lowest BCUT2D eigenvalue weighted by atomic mass is 10.0. The molecule has 0 saturated carbocycles. The fourth-order valence-electron chi connectivity index (χ4n) is 0.936. The van der Waals surface area contributed by atoms with Crippen molar-refractivity contribution in [3.8, 4) is 11.8 Å². The first-order chi connectivity index (χ1) is 5.20. The number of carbonyl (C=O) groups excluding carboxylic acids is 1. The van der Waals surface area contributed by atoms with Crippen LogP contribution in [0.5, 0.6) is 0 Å². The normalized spacial score (nSPS) is 28.5. The summed E-state index contributed by atoms with van der Waals surface area (Å²) in [5.74, 6) is 5.80. The number of hydrogen-bond donors (Lipinski definition) is 1. The third kappa shape index (κ3) is 2.21. The lowest BCUT2D eigenvalue weighted by Crippen LogP contribution is -2.13. The van der Waals surface area contributed by atoms with E-state index in [1.807, 2.05) is 6.08 Å². The predicted molar refractivity (Wildman–Crippen MR) is 43.7 cm³/mol. The Morgan fingerprint density at radius 3 is 3.00 bits per heavy atom. The second-order valence-corrected chi connectivity index (χ2v) is 2.65. The molecule has 0 spiro atoms. The summed E-state index contributed by atoms with van der Waals surface area (Å²) in [6, 6.07) is -0.195. The Balaban J connectivity index is 2.71. The Morgan fingerprint density at radius 1 is 1.64 bits per heavy atom. The molecule has 2 atom stereocenters. The van der Waals surface area contributed by atoms with Crippen LogP contribution in [0.4, 0.5) is 0 Å². The van der Waals surface area contributed by atoms with Crippen molar-refractivity contribution in [2.45, 2.75) is 19.4 Å². The van der Waals surface area contributed by atoms with E-state index < -0.39 is 0 Å². The fraction of sp³-hybridized carbons (Fsp3) is 0.444. The van der Waals surface area contributed by atoms with Gasteiger partial charge in [0.1, 0.15) is 5.78 Å². The Hall–Kier alpha value is -1.07. The largest absolute Gasteiger partial charge is 0.314 e. The van der Waals surface area contributed by atoms with Gasteiger partial charge in [-0.05, 0) is 6.92 Å². The van der Waals surface area contributed by atoms with Gasteiger partial charge in [-0.2, -0.15) is 0 Å². The summed E-state index contributed by atoms with van der Waals surface area (Å²) < 4.78 is 0. The average molecular weight is 149 g/mol. The van der Waals surface area contributed by atoms with E-state index in [4.69, 9.17) is 5.73 Å². The lowest BCUT2D eigenvalue weighted by molar-refractivity contribution is -0.119. The van der Waals surface area contributed by atoms with Crippen molar-refractivity contribution in [3.63, 3.8) is 0 Å². The molecule has 0 aromatic carbocycles. The van der Waals surface area contributed by atoms with Gasteiger partial charge in [0.05, 0.1) is 6.04 Å². The maximum absolute atomic E-state index is 10.9. The zero-order valence-corrected chi connectivity index (χ0v) is 6.50. The van der Waals surface area contributed by atoms with E-state index in [1.165, 1.54) is 0 Å². The van der Waals surface area contributed by atoms with Gasteiger partial charge in [0, 0.05) is 12.3 Å².